The van der Waals surface area contributed by atoms with Gasteiger partial charge in [0.05, 0.1) is 19.1 Å². The Bertz CT molecular complexity index is 1270. The van der Waals surface area contributed by atoms with Gasteiger partial charge in [-0.3, -0.25) is 5.32 Å². The van der Waals surface area contributed by atoms with E-state index in [9.17, 15) is 9.59 Å². The van der Waals surface area contributed by atoms with Crippen molar-refractivity contribution in [3.8, 4) is 17.2 Å². The van der Waals surface area contributed by atoms with Crippen LogP contribution in [0.3, 0.4) is 0 Å². The zero-order valence-corrected chi connectivity index (χ0v) is 19.9. The molecule has 1 aliphatic heterocycles. The van der Waals surface area contributed by atoms with E-state index in [-0.39, 0.29) is 35.6 Å². The molecule has 0 saturated heterocycles. The van der Waals surface area contributed by atoms with E-state index in [1.54, 1.807) is 19.1 Å². The number of thiocarbonyl (C=S) groups is 1. The molecule has 0 radical (unpaired) electrons. The number of anilines is 1. The minimum Gasteiger partial charge on any atom is -0.486 e. The number of hydrogen-bond acceptors (Lipinski definition) is 9. The van der Waals surface area contributed by atoms with Crippen molar-refractivity contribution in [2.45, 2.75) is 13.5 Å². The summed E-state index contributed by atoms with van der Waals surface area (Å²) in [5, 5.41) is 6.15. The lowest BCUT2D eigenvalue weighted by Crippen LogP contribution is -2.35. The number of aromatic nitrogens is 1. The number of benzene rings is 2. The molecule has 35 heavy (non-hydrogen) atoms. The highest BCUT2D eigenvalue weighted by atomic mass is 32.1. The normalized spacial score (nSPS) is 11.9. The van der Waals surface area contributed by atoms with Crippen LogP contribution in [0.25, 0.3) is 10.8 Å². The fraction of sp³-hybridized carbons (Fsp3) is 0.250. The van der Waals surface area contributed by atoms with Crippen molar-refractivity contribution in [2.75, 3.05) is 32.2 Å². The zero-order valence-electron chi connectivity index (χ0n) is 19.1. The lowest BCUT2D eigenvalue weighted by Gasteiger charge is -2.23. The highest BCUT2D eigenvalue weighted by molar-refractivity contribution is 7.80. The molecule has 2 aromatic carbocycles. The van der Waals surface area contributed by atoms with Crippen molar-refractivity contribution in [3.63, 3.8) is 0 Å². The molecule has 4 rings (SSSR count). The molecule has 10 nitrogen and oxygen atoms in total. The number of nitrogens with one attached hydrogen (secondary N) is 2. The Morgan fingerprint density at radius 3 is 2.63 bits per heavy atom. The molecule has 1 amide bonds. The number of rotatable bonds is 6. The average molecular weight is 498 g/mol. The molecule has 11 heteroatoms. The molecule has 2 N–H and O–H groups in total. The minimum absolute atomic E-state index is 0.0750. The summed E-state index contributed by atoms with van der Waals surface area (Å²) in [5.41, 5.74) is 0.824. The van der Waals surface area contributed by atoms with Crippen LogP contribution in [-0.4, -0.2) is 49.1 Å². The third kappa shape index (κ3) is 5.35. The van der Waals surface area contributed by atoms with Crippen LogP contribution in [0.5, 0.6) is 17.2 Å². The van der Waals surface area contributed by atoms with Crippen LogP contribution in [0.15, 0.2) is 42.5 Å². The van der Waals surface area contributed by atoms with Crippen molar-refractivity contribution in [1.82, 2.24) is 10.3 Å². The number of ether oxygens (including phenoxy) is 5. The number of methoxy groups -OCH3 is 1. The van der Waals surface area contributed by atoms with Crippen LogP contribution >= 0.6 is 12.2 Å². The van der Waals surface area contributed by atoms with E-state index in [0.29, 0.717) is 35.5 Å². The fourth-order valence-electron chi connectivity index (χ4n) is 3.49. The Balaban J connectivity index is 1.83. The molecular weight excluding hydrogens is 474 g/mol. The van der Waals surface area contributed by atoms with Crippen molar-refractivity contribution in [1.29, 1.82) is 0 Å². The van der Waals surface area contributed by atoms with Gasteiger partial charge < -0.3 is 29.0 Å². The van der Waals surface area contributed by atoms with Crippen molar-refractivity contribution >= 4 is 46.0 Å². The van der Waals surface area contributed by atoms with Gasteiger partial charge in [-0.2, -0.15) is 0 Å². The van der Waals surface area contributed by atoms with E-state index in [4.69, 9.17) is 35.9 Å². The summed E-state index contributed by atoms with van der Waals surface area (Å²) in [4.78, 5) is 29.0. The number of alkyl carbamates (subject to hydrolysis) is 1. The van der Waals surface area contributed by atoms with E-state index >= 15 is 0 Å². The number of hydrogen-bond donors (Lipinski definition) is 2. The molecule has 182 valence electrons. The standard InChI is InChI=1S/C24H23N3O7S/c1-3-31-24(29)27-23(35)26-21-17-15(9-10-16-20(17)33-12-11-32-16)19(18(25-21)22(28)30-2)34-13-14-7-5-4-6-8-14/h4-10H,3,11-13H2,1-2H3,(H2,25,26,27,29,35). The van der Waals surface area contributed by atoms with Gasteiger partial charge in [0.25, 0.3) is 0 Å². The predicted molar refractivity (Wildman–Crippen MR) is 131 cm³/mol. The maximum Gasteiger partial charge on any atom is 0.413 e. The van der Waals surface area contributed by atoms with Gasteiger partial charge in [0.1, 0.15) is 25.6 Å². The molecule has 0 spiro atoms. The molecule has 2 heterocycles. The summed E-state index contributed by atoms with van der Waals surface area (Å²) in [5.74, 6) is 0.553. The molecule has 0 saturated carbocycles. The molecule has 0 unspecified atom stereocenters. The third-order valence-corrected chi connectivity index (χ3v) is 5.16. The van der Waals surface area contributed by atoms with Gasteiger partial charge >= 0.3 is 12.1 Å². The number of esters is 1. The van der Waals surface area contributed by atoms with Crippen molar-refractivity contribution in [2.24, 2.45) is 0 Å². The topological polar surface area (TPSA) is 117 Å². The van der Waals surface area contributed by atoms with Crippen LogP contribution in [0.2, 0.25) is 0 Å². The van der Waals surface area contributed by atoms with Gasteiger partial charge in [-0.25, -0.2) is 14.6 Å². The summed E-state index contributed by atoms with van der Waals surface area (Å²) in [6.07, 6.45) is -0.730. The smallest absolute Gasteiger partial charge is 0.413 e. The van der Waals surface area contributed by atoms with Gasteiger partial charge in [-0.05, 0) is 36.8 Å². The number of nitrogens with zero attached hydrogens (tertiary/aromatic N) is 1. The Morgan fingerprint density at radius 1 is 1.11 bits per heavy atom. The number of carbonyl (C=O) groups is 2. The lowest BCUT2D eigenvalue weighted by molar-refractivity contribution is 0.0589. The van der Waals surface area contributed by atoms with E-state index in [0.717, 1.165) is 5.56 Å². The van der Waals surface area contributed by atoms with E-state index < -0.39 is 12.1 Å². The largest absolute Gasteiger partial charge is 0.486 e. The average Bonchev–Trinajstić information content (AvgIpc) is 2.87. The van der Waals surface area contributed by atoms with Gasteiger partial charge in [0.15, 0.2) is 28.1 Å². The van der Waals surface area contributed by atoms with Crippen molar-refractivity contribution in [3.05, 3.63) is 53.7 Å². The Hall–Kier alpha value is -4.12. The number of carbonyl (C=O) groups excluding carboxylic acids is 2. The molecule has 0 atom stereocenters. The quantitative estimate of drug-likeness (QED) is 0.384. The first-order valence-electron chi connectivity index (χ1n) is 10.8. The number of fused-ring (bicyclic) bond motifs is 3. The monoisotopic (exact) mass is 497 g/mol. The maximum absolute atomic E-state index is 12.7. The van der Waals surface area contributed by atoms with Gasteiger partial charge in [-0.1, -0.05) is 30.3 Å². The lowest BCUT2D eigenvalue weighted by atomic mass is 10.1. The summed E-state index contributed by atoms with van der Waals surface area (Å²) in [6, 6.07) is 13.0. The predicted octanol–water partition coefficient (Wildman–Crippen LogP) is 3.81. The Labute approximate surface area is 206 Å². The van der Waals surface area contributed by atoms with Gasteiger partial charge in [0, 0.05) is 5.39 Å². The Morgan fingerprint density at radius 2 is 1.89 bits per heavy atom. The second-order valence-corrected chi connectivity index (χ2v) is 7.62. The first kappa shape index (κ1) is 24.0. The van der Waals surface area contributed by atoms with Crippen LogP contribution in [0, 0.1) is 0 Å². The van der Waals surface area contributed by atoms with Crippen molar-refractivity contribution < 1.29 is 33.3 Å². The minimum atomic E-state index is -0.730. The van der Waals surface area contributed by atoms with Crippen LogP contribution in [0.4, 0.5) is 10.6 Å². The van der Waals surface area contributed by atoms with Gasteiger partial charge in [-0.15, -0.1) is 0 Å². The zero-order chi connectivity index (χ0) is 24.8. The first-order chi connectivity index (χ1) is 17.0. The summed E-state index contributed by atoms with van der Waals surface area (Å²) < 4.78 is 27.5. The number of pyridine rings is 1. The maximum atomic E-state index is 12.7. The van der Waals surface area contributed by atoms with E-state index in [1.807, 2.05) is 30.3 Å². The molecular formula is C24H23N3O7S. The Kier molecular flexibility index (Phi) is 7.46. The van der Waals surface area contributed by atoms with Crippen LogP contribution < -0.4 is 24.8 Å². The SMILES string of the molecule is CCOC(=O)NC(=S)Nc1nc(C(=O)OC)c(OCc2ccccc2)c2ccc3c(c12)OCCO3. The van der Waals surface area contributed by atoms with Gasteiger partial charge in [0.2, 0.25) is 0 Å². The van der Waals surface area contributed by atoms with Crippen LogP contribution in [0.1, 0.15) is 23.0 Å². The molecule has 3 aromatic rings. The highest BCUT2D eigenvalue weighted by Crippen LogP contribution is 2.45. The molecule has 1 aromatic heterocycles. The van der Waals surface area contributed by atoms with E-state index in [1.165, 1.54) is 7.11 Å². The molecule has 0 aliphatic carbocycles. The fourth-order valence-corrected chi connectivity index (χ4v) is 3.67. The number of amides is 1. The molecule has 0 fully saturated rings. The second kappa shape index (κ2) is 10.9. The second-order valence-electron chi connectivity index (χ2n) is 7.22. The third-order valence-electron chi connectivity index (χ3n) is 4.96. The summed E-state index contributed by atoms with van der Waals surface area (Å²) >= 11 is 5.25. The molecule has 1 aliphatic rings. The van der Waals surface area contributed by atoms with Crippen LogP contribution in [-0.2, 0) is 16.1 Å². The highest BCUT2D eigenvalue weighted by Gasteiger charge is 2.27. The summed E-state index contributed by atoms with van der Waals surface area (Å²) in [7, 11) is 1.25. The first-order valence-corrected chi connectivity index (χ1v) is 11.2. The molecule has 0 bridgehead atoms. The van der Waals surface area contributed by atoms with E-state index in [2.05, 4.69) is 15.6 Å². The summed E-state index contributed by atoms with van der Waals surface area (Å²) in [6.45, 7) is 2.73.